The van der Waals surface area contributed by atoms with Crippen LogP contribution in [0.4, 0.5) is 5.69 Å². The maximum atomic E-state index is 12.9. The Morgan fingerprint density at radius 3 is 2.77 bits per heavy atom. The summed E-state index contributed by atoms with van der Waals surface area (Å²) < 4.78 is 1.72. The Morgan fingerprint density at radius 2 is 2.00 bits per heavy atom. The Kier molecular flexibility index (Phi) is 3.23. The molecule has 0 fully saturated rings. The van der Waals surface area contributed by atoms with E-state index in [4.69, 9.17) is 0 Å². The lowest BCUT2D eigenvalue weighted by Gasteiger charge is -2.26. The molecule has 0 bridgehead atoms. The molecule has 5 nitrogen and oxygen atoms in total. The molecule has 0 unspecified atom stereocenters. The van der Waals surface area contributed by atoms with Crippen molar-refractivity contribution in [2.24, 2.45) is 0 Å². The van der Waals surface area contributed by atoms with Crippen molar-refractivity contribution in [1.29, 1.82) is 0 Å². The van der Waals surface area contributed by atoms with Crippen LogP contribution in [0.3, 0.4) is 0 Å². The maximum absolute atomic E-state index is 12.9. The fourth-order valence-corrected chi connectivity index (χ4v) is 3.40. The second kappa shape index (κ2) is 5.38. The van der Waals surface area contributed by atoms with Gasteiger partial charge in [0.05, 0.1) is 12.2 Å². The predicted octanol–water partition coefficient (Wildman–Crippen LogP) is 2.59. The van der Waals surface area contributed by atoms with Gasteiger partial charge in [0.1, 0.15) is 0 Å². The first-order valence-corrected chi connectivity index (χ1v) is 8.02. The number of carbonyl (C=O) groups excluding carboxylic acids is 1. The van der Waals surface area contributed by atoms with E-state index in [0.717, 1.165) is 22.7 Å². The first kappa shape index (κ1) is 13.2. The number of amides is 1. The van der Waals surface area contributed by atoms with Gasteiger partial charge in [-0.05, 0) is 23.6 Å². The summed E-state index contributed by atoms with van der Waals surface area (Å²) in [6, 6.07) is 13.8. The van der Waals surface area contributed by atoms with Gasteiger partial charge in [-0.25, -0.2) is 4.68 Å². The molecule has 22 heavy (non-hydrogen) atoms. The normalized spacial score (nSPS) is 14.2. The second-order valence-electron chi connectivity index (χ2n) is 5.16. The summed E-state index contributed by atoms with van der Waals surface area (Å²) >= 11 is 1.66. The number of aromatic nitrogens is 3. The molecule has 4 rings (SSSR count). The van der Waals surface area contributed by atoms with Crippen molar-refractivity contribution in [3.05, 3.63) is 64.1 Å². The van der Waals surface area contributed by atoms with Crippen molar-refractivity contribution >= 4 is 22.9 Å². The van der Waals surface area contributed by atoms with Crippen LogP contribution in [0.25, 0.3) is 0 Å². The number of carbonyl (C=O) groups is 1. The third kappa shape index (κ3) is 2.21. The highest BCUT2D eigenvalue weighted by Crippen LogP contribution is 2.24. The van der Waals surface area contributed by atoms with E-state index in [1.807, 2.05) is 47.8 Å². The summed E-state index contributed by atoms with van der Waals surface area (Å²) in [5.74, 6) is -0.0194. The van der Waals surface area contributed by atoms with Crippen LogP contribution in [0, 0.1) is 0 Å². The van der Waals surface area contributed by atoms with E-state index >= 15 is 0 Å². The zero-order chi connectivity index (χ0) is 14.9. The number of fused-ring (bicyclic) bond motifs is 1. The molecule has 0 saturated carbocycles. The van der Waals surface area contributed by atoms with E-state index in [9.17, 15) is 4.79 Å². The molecule has 1 aliphatic heterocycles. The molecule has 1 amide bonds. The van der Waals surface area contributed by atoms with Crippen LogP contribution in [0.5, 0.6) is 0 Å². The van der Waals surface area contributed by atoms with E-state index < -0.39 is 0 Å². The maximum Gasteiger partial charge on any atom is 0.278 e. The van der Waals surface area contributed by atoms with Crippen molar-refractivity contribution in [1.82, 2.24) is 15.0 Å². The fraction of sp³-hybridized carbons (Fsp3) is 0.188. The average molecular weight is 310 g/mol. The molecule has 1 aromatic carbocycles. The van der Waals surface area contributed by atoms with Crippen LogP contribution in [0.2, 0.25) is 0 Å². The molecule has 1 aliphatic rings. The van der Waals surface area contributed by atoms with Crippen LogP contribution in [-0.2, 0) is 13.0 Å². The molecular formula is C16H14N4OS. The minimum atomic E-state index is -0.0194. The lowest BCUT2D eigenvalue weighted by Crippen LogP contribution is -2.39. The van der Waals surface area contributed by atoms with Gasteiger partial charge in [0, 0.05) is 23.5 Å². The van der Waals surface area contributed by atoms with Gasteiger partial charge >= 0.3 is 0 Å². The molecule has 0 atom stereocenters. The Morgan fingerprint density at radius 1 is 1.14 bits per heavy atom. The smallest absolute Gasteiger partial charge is 0.278 e. The molecule has 2 aromatic heterocycles. The number of anilines is 1. The molecule has 0 radical (unpaired) electrons. The summed E-state index contributed by atoms with van der Waals surface area (Å²) in [6.45, 7) is 1.24. The van der Waals surface area contributed by atoms with Crippen molar-refractivity contribution in [2.45, 2.75) is 13.0 Å². The Balaban J connectivity index is 1.69. The third-order valence-electron chi connectivity index (χ3n) is 3.78. The second-order valence-corrected chi connectivity index (χ2v) is 6.20. The predicted molar refractivity (Wildman–Crippen MR) is 85.3 cm³/mol. The summed E-state index contributed by atoms with van der Waals surface area (Å²) in [7, 11) is 0. The number of thiophene rings is 1. The molecule has 0 saturated heterocycles. The third-order valence-corrected chi connectivity index (χ3v) is 4.64. The van der Waals surface area contributed by atoms with E-state index in [1.165, 1.54) is 0 Å². The lowest BCUT2D eigenvalue weighted by atomic mass is 10.1. The lowest BCUT2D eigenvalue weighted by molar-refractivity contribution is 0.0970. The highest BCUT2D eigenvalue weighted by Gasteiger charge is 2.31. The number of rotatable bonds is 3. The van der Waals surface area contributed by atoms with Crippen molar-refractivity contribution in [3.8, 4) is 0 Å². The highest BCUT2D eigenvalue weighted by molar-refractivity contribution is 7.09. The summed E-state index contributed by atoms with van der Waals surface area (Å²) in [5.41, 5.74) is 2.33. The van der Waals surface area contributed by atoms with Gasteiger partial charge < -0.3 is 4.90 Å². The van der Waals surface area contributed by atoms with Gasteiger partial charge in [0.25, 0.3) is 5.91 Å². The minimum absolute atomic E-state index is 0.0194. The number of nitrogens with zero attached hydrogens (tertiary/aromatic N) is 4. The van der Waals surface area contributed by atoms with Crippen LogP contribution in [0.1, 0.15) is 21.1 Å². The van der Waals surface area contributed by atoms with Gasteiger partial charge in [-0.2, -0.15) is 0 Å². The van der Waals surface area contributed by atoms with Gasteiger partial charge in [-0.3, -0.25) is 4.79 Å². The number of hydrogen-bond acceptors (Lipinski definition) is 4. The fourth-order valence-electron chi connectivity index (χ4n) is 2.71. The molecular weight excluding hydrogens is 296 g/mol. The Bertz CT molecular complexity index is 795. The summed E-state index contributed by atoms with van der Waals surface area (Å²) in [6.07, 6.45) is 0.737. The molecule has 3 aromatic rings. The highest BCUT2D eigenvalue weighted by atomic mass is 32.1. The van der Waals surface area contributed by atoms with Crippen molar-refractivity contribution in [2.75, 3.05) is 11.4 Å². The number of benzene rings is 1. The van der Waals surface area contributed by atoms with Crippen molar-refractivity contribution < 1.29 is 4.79 Å². The van der Waals surface area contributed by atoms with E-state index in [2.05, 4.69) is 10.3 Å². The minimum Gasteiger partial charge on any atom is -0.307 e. The van der Waals surface area contributed by atoms with Crippen LogP contribution in [0.15, 0.2) is 47.8 Å². The Hall–Kier alpha value is -2.47. The topological polar surface area (TPSA) is 51.0 Å². The van der Waals surface area contributed by atoms with E-state index in [-0.39, 0.29) is 5.91 Å². The zero-order valence-corrected chi connectivity index (χ0v) is 12.7. The Labute approximate surface area is 131 Å². The SMILES string of the molecule is O=C1c2c(nnn2Cc2cccs2)CCN1c1ccccc1. The van der Waals surface area contributed by atoms with Gasteiger partial charge in [0.15, 0.2) is 5.69 Å². The largest absolute Gasteiger partial charge is 0.307 e. The van der Waals surface area contributed by atoms with Crippen LogP contribution in [-0.4, -0.2) is 27.4 Å². The molecule has 3 heterocycles. The van der Waals surface area contributed by atoms with Gasteiger partial charge in [-0.15, -0.1) is 16.4 Å². The number of para-hydroxylation sites is 1. The standard InChI is InChI=1S/C16H14N4OS/c21-16-15-14(8-9-19(16)12-5-2-1-3-6-12)17-18-20(15)11-13-7-4-10-22-13/h1-7,10H,8-9,11H2. The van der Waals surface area contributed by atoms with Crippen LogP contribution < -0.4 is 4.90 Å². The first-order chi connectivity index (χ1) is 10.8. The number of hydrogen-bond donors (Lipinski definition) is 0. The van der Waals surface area contributed by atoms with Crippen LogP contribution >= 0.6 is 11.3 Å². The molecule has 0 spiro atoms. The monoisotopic (exact) mass is 310 g/mol. The molecule has 110 valence electrons. The summed E-state index contributed by atoms with van der Waals surface area (Å²) in [5, 5.41) is 10.4. The van der Waals surface area contributed by atoms with Gasteiger partial charge in [-0.1, -0.05) is 29.5 Å². The first-order valence-electron chi connectivity index (χ1n) is 7.14. The van der Waals surface area contributed by atoms with E-state index in [0.29, 0.717) is 18.8 Å². The molecule has 6 heteroatoms. The zero-order valence-electron chi connectivity index (χ0n) is 11.8. The molecule has 0 aliphatic carbocycles. The summed E-state index contributed by atoms with van der Waals surface area (Å²) in [4.78, 5) is 15.8. The van der Waals surface area contributed by atoms with Crippen molar-refractivity contribution in [3.63, 3.8) is 0 Å². The average Bonchev–Trinajstić information content (AvgIpc) is 3.19. The van der Waals surface area contributed by atoms with Gasteiger partial charge in [0.2, 0.25) is 0 Å². The van der Waals surface area contributed by atoms with E-state index in [1.54, 1.807) is 20.9 Å². The quantitative estimate of drug-likeness (QED) is 0.747. The molecule has 0 N–H and O–H groups in total.